The third kappa shape index (κ3) is 1.84. The lowest BCUT2D eigenvalue weighted by Crippen LogP contribution is -2.32. The van der Waals surface area contributed by atoms with E-state index in [-0.39, 0.29) is 17.9 Å². The number of carbonyl (C=O) groups excluding carboxylic acids is 1. The fraction of sp³-hybridized carbons (Fsp3) is 0.385. The molecule has 1 saturated heterocycles. The van der Waals surface area contributed by atoms with Crippen LogP contribution in [0.25, 0.3) is 0 Å². The van der Waals surface area contributed by atoms with Gasteiger partial charge in [-0.3, -0.25) is 19.9 Å². The molecular formula is C13H12N2O4. The zero-order valence-corrected chi connectivity index (χ0v) is 10.2. The van der Waals surface area contributed by atoms with Gasteiger partial charge in [-0.05, 0) is 18.9 Å². The second kappa shape index (κ2) is 3.96. The van der Waals surface area contributed by atoms with Gasteiger partial charge in [0.1, 0.15) is 6.20 Å². The molecule has 2 fully saturated rings. The van der Waals surface area contributed by atoms with E-state index < -0.39 is 16.6 Å². The lowest BCUT2D eigenvalue weighted by molar-refractivity contribution is -0.386. The molecule has 2 aliphatic rings. The summed E-state index contributed by atoms with van der Waals surface area (Å²) >= 11 is 0. The molecule has 98 valence electrons. The van der Waals surface area contributed by atoms with Gasteiger partial charge in [-0.15, -0.1) is 0 Å². The number of Topliss-reactive ketones (excluding diaryl/α,β-unsaturated/α-hetero) is 1. The van der Waals surface area contributed by atoms with Crippen LogP contribution in [0.2, 0.25) is 0 Å². The van der Waals surface area contributed by atoms with Crippen LogP contribution in [-0.2, 0) is 9.53 Å². The van der Waals surface area contributed by atoms with Crippen LogP contribution in [0.4, 0.5) is 5.69 Å². The molecular weight excluding hydrogens is 248 g/mol. The van der Waals surface area contributed by atoms with Gasteiger partial charge in [0.2, 0.25) is 0 Å². The number of rotatable bonds is 2. The lowest BCUT2D eigenvalue weighted by atomic mass is 9.92. The molecule has 1 atom stereocenters. The highest BCUT2D eigenvalue weighted by Gasteiger charge is 2.54. The summed E-state index contributed by atoms with van der Waals surface area (Å²) in [5.41, 5.74) is 0.230. The Balaban J connectivity index is 1.97. The highest BCUT2D eigenvalue weighted by Crippen LogP contribution is 2.53. The smallest absolute Gasteiger partial charge is 0.293 e. The van der Waals surface area contributed by atoms with Crippen molar-refractivity contribution in [3.05, 3.63) is 46.3 Å². The molecule has 0 amide bonds. The van der Waals surface area contributed by atoms with Gasteiger partial charge in [0.15, 0.2) is 5.78 Å². The molecule has 1 aromatic rings. The largest absolute Gasteiger partial charge is 0.362 e. The van der Waals surface area contributed by atoms with Crippen LogP contribution in [0.3, 0.4) is 0 Å². The Morgan fingerprint density at radius 1 is 1.53 bits per heavy atom. The summed E-state index contributed by atoms with van der Waals surface area (Å²) in [7, 11) is 0. The summed E-state index contributed by atoms with van der Waals surface area (Å²) < 4.78 is 5.89. The molecule has 3 rings (SSSR count). The minimum Gasteiger partial charge on any atom is -0.362 e. The molecule has 1 aliphatic carbocycles. The zero-order valence-electron chi connectivity index (χ0n) is 10.2. The van der Waals surface area contributed by atoms with Crippen molar-refractivity contribution in [1.82, 2.24) is 4.98 Å². The Hall–Kier alpha value is -2.08. The summed E-state index contributed by atoms with van der Waals surface area (Å²) in [6, 6.07) is 1.54. The molecule has 2 heterocycles. The number of hydrogen-bond acceptors (Lipinski definition) is 5. The summed E-state index contributed by atoms with van der Waals surface area (Å²) in [5.74, 6) is -0.0696. The van der Waals surface area contributed by atoms with Crippen molar-refractivity contribution in [3.8, 4) is 0 Å². The first-order valence-electron chi connectivity index (χ1n) is 6.02. The predicted octanol–water partition coefficient (Wildman–Crippen LogP) is 2.11. The number of hydrogen-bond donors (Lipinski definition) is 0. The highest BCUT2D eigenvalue weighted by atomic mass is 16.6. The number of ketones is 1. The molecule has 19 heavy (non-hydrogen) atoms. The third-order valence-electron chi connectivity index (χ3n) is 3.71. The molecule has 6 heteroatoms. The number of nitrogens with zero attached hydrogens (tertiary/aromatic N) is 2. The van der Waals surface area contributed by atoms with Crippen molar-refractivity contribution in [3.63, 3.8) is 0 Å². The highest BCUT2D eigenvalue weighted by molar-refractivity contribution is 5.98. The molecule has 0 N–H and O–H groups in total. The molecule has 1 unspecified atom stereocenters. The van der Waals surface area contributed by atoms with E-state index in [2.05, 4.69) is 11.6 Å². The summed E-state index contributed by atoms with van der Waals surface area (Å²) in [6.45, 7) is 3.78. The van der Waals surface area contributed by atoms with Gasteiger partial charge in [0.25, 0.3) is 5.69 Å². The molecule has 1 spiro atoms. The van der Waals surface area contributed by atoms with Crippen LogP contribution in [0.1, 0.15) is 30.9 Å². The normalized spacial score (nSPS) is 24.5. The fourth-order valence-electron chi connectivity index (χ4n) is 2.46. The maximum absolute atomic E-state index is 11.9. The van der Waals surface area contributed by atoms with Crippen LogP contribution < -0.4 is 0 Å². The quantitative estimate of drug-likeness (QED) is 0.462. The molecule has 0 aromatic carbocycles. The monoisotopic (exact) mass is 260 g/mol. The van der Waals surface area contributed by atoms with E-state index in [1.54, 1.807) is 6.07 Å². The van der Waals surface area contributed by atoms with Crippen molar-refractivity contribution in [1.29, 1.82) is 0 Å². The number of nitro groups is 1. The minimum atomic E-state index is -0.580. The van der Waals surface area contributed by atoms with Gasteiger partial charge in [0, 0.05) is 18.2 Å². The Bertz CT molecular complexity index is 592. The number of ether oxygens (including phenoxy) is 1. The average molecular weight is 260 g/mol. The maximum atomic E-state index is 11.9. The van der Waals surface area contributed by atoms with Crippen LogP contribution in [0, 0.1) is 10.1 Å². The average Bonchev–Trinajstić information content (AvgIpc) is 3.16. The van der Waals surface area contributed by atoms with E-state index >= 15 is 0 Å². The third-order valence-corrected chi connectivity index (χ3v) is 3.71. The molecule has 1 aromatic heterocycles. The number of pyridine rings is 1. The van der Waals surface area contributed by atoms with Crippen molar-refractivity contribution in [2.45, 2.75) is 31.0 Å². The first-order valence-corrected chi connectivity index (χ1v) is 6.02. The second-order valence-electron chi connectivity index (χ2n) is 4.90. The van der Waals surface area contributed by atoms with E-state index in [9.17, 15) is 14.9 Å². The topological polar surface area (TPSA) is 82.3 Å². The first-order chi connectivity index (χ1) is 9.03. The Morgan fingerprint density at radius 2 is 2.26 bits per heavy atom. The molecule has 1 aliphatic heterocycles. The van der Waals surface area contributed by atoms with E-state index in [4.69, 9.17) is 4.74 Å². The first kappa shape index (κ1) is 12.0. The minimum absolute atomic E-state index is 0.0696. The summed E-state index contributed by atoms with van der Waals surface area (Å²) in [5, 5.41) is 11.0. The fourth-order valence-corrected chi connectivity index (χ4v) is 2.46. The van der Waals surface area contributed by atoms with Gasteiger partial charge in [-0.2, -0.15) is 0 Å². The maximum Gasteiger partial charge on any atom is 0.293 e. The summed E-state index contributed by atoms with van der Waals surface area (Å²) in [6.07, 6.45) is 3.69. The molecule has 1 saturated carbocycles. The Kier molecular flexibility index (Phi) is 2.50. The number of aromatic nitrogens is 1. The van der Waals surface area contributed by atoms with Crippen molar-refractivity contribution in [2.24, 2.45) is 0 Å². The zero-order chi connectivity index (χ0) is 13.6. The van der Waals surface area contributed by atoms with Gasteiger partial charge < -0.3 is 4.74 Å². The van der Waals surface area contributed by atoms with Crippen LogP contribution in [0.5, 0.6) is 0 Å². The van der Waals surface area contributed by atoms with Crippen LogP contribution in [-0.4, -0.2) is 21.3 Å². The van der Waals surface area contributed by atoms with Crippen molar-refractivity contribution in [2.75, 3.05) is 0 Å². The van der Waals surface area contributed by atoms with E-state index in [1.807, 2.05) is 0 Å². The summed E-state index contributed by atoms with van der Waals surface area (Å²) in [4.78, 5) is 26.2. The lowest BCUT2D eigenvalue weighted by Gasteiger charge is -2.31. The molecule has 0 bridgehead atoms. The van der Waals surface area contributed by atoms with Gasteiger partial charge >= 0.3 is 0 Å². The van der Waals surface area contributed by atoms with E-state index in [0.717, 1.165) is 12.8 Å². The van der Waals surface area contributed by atoms with Crippen LogP contribution in [0.15, 0.2) is 30.6 Å². The Morgan fingerprint density at radius 3 is 2.89 bits per heavy atom. The van der Waals surface area contributed by atoms with E-state index in [0.29, 0.717) is 11.1 Å². The van der Waals surface area contributed by atoms with Crippen molar-refractivity contribution >= 4 is 11.5 Å². The Labute approximate surface area is 109 Å². The standard InChI is InChI=1S/C13H12N2O4/c1-8-11(16)6-12(19-13(8)3-4-13)9-2-5-14-7-10(9)15(17)18/h2,5,7,12H,1,3-4,6H2. The van der Waals surface area contributed by atoms with Crippen LogP contribution >= 0.6 is 0 Å². The SMILES string of the molecule is C=C1C(=O)CC(c2ccncc2[N+](=O)[O-])OC12CC2. The second-order valence-corrected chi connectivity index (χ2v) is 4.90. The van der Waals surface area contributed by atoms with Crippen molar-refractivity contribution < 1.29 is 14.5 Å². The van der Waals surface area contributed by atoms with Gasteiger partial charge in [-0.1, -0.05) is 6.58 Å². The molecule has 6 nitrogen and oxygen atoms in total. The number of carbonyl (C=O) groups is 1. The van der Waals surface area contributed by atoms with E-state index in [1.165, 1.54) is 12.4 Å². The van der Waals surface area contributed by atoms with Gasteiger partial charge in [-0.25, -0.2) is 0 Å². The van der Waals surface area contributed by atoms with Gasteiger partial charge in [0.05, 0.1) is 22.2 Å². The predicted molar refractivity (Wildman–Crippen MR) is 65.4 cm³/mol. The molecule has 0 radical (unpaired) electrons.